The summed E-state index contributed by atoms with van der Waals surface area (Å²) in [5.41, 5.74) is 2.24. The minimum absolute atomic E-state index is 0.368. The number of carbonyl (C=O) groups excluding carboxylic acids is 2. The second kappa shape index (κ2) is 8.14. The molecular weight excluding hydrogens is 444 g/mol. The molecule has 0 aliphatic carbocycles. The van der Waals surface area contributed by atoms with Crippen molar-refractivity contribution in [3.63, 3.8) is 0 Å². The van der Waals surface area contributed by atoms with Crippen LogP contribution >= 0.6 is 7.57 Å². The van der Waals surface area contributed by atoms with Crippen molar-refractivity contribution in [3.8, 4) is 0 Å². The van der Waals surface area contributed by atoms with E-state index < -0.39 is 12.7 Å². The number of rotatable bonds is 3. The Morgan fingerprint density at radius 1 is 0.647 bits per heavy atom. The number of hydrogen-bond donors (Lipinski definition) is 0. The van der Waals surface area contributed by atoms with Crippen LogP contribution < -0.4 is 0 Å². The summed E-state index contributed by atoms with van der Waals surface area (Å²) in [6.07, 6.45) is 3.42. The molecule has 34 heavy (non-hydrogen) atoms. The Hall–Kier alpha value is -3.36. The Bertz CT molecular complexity index is 1250. The fraction of sp³-hybridized carbons (Fsp3) is 0.138. The van der Waals surface area contributed by atoms with Crippen molar-refractivity contribution in [1.82, 2.24) is 4.90 Å². The maximum atomic E-state index is 17.7. The van der Waals surface area contributed by atoms with Crippen molar-refractivity contribution in [2.24, 2.45) is 0 Å². The van der Waals surface area contributed by atoms with E-state index >= 15 is 4.20 Å². The maximum absolute atomic E-state index is 17.7. The summed E-state index contributed by atoms with van der Waals surface area (Å²) in [7, 11) is -3.45. The summed E-state index contributed by atoms with van der Waals surface area (Å²) in [5, 5.41) is 0.367. The van der Waals surface area contributed by atoms with Crippen LogP contribution in [0.1, 0.15) is 52.6 Å². The zero-order valence-electron chi connectivity index (χ0n) is 19.3. The lowest BCUT2D eigenvalue weighted by Gasteiger charge is -2.36. The zero-order chi connectivity index (χ0) is 24.1. The molecular formula is C29H25FNO2P+. The van der Waals surface area contributed by atoms with Crippen LogP contribution in [0.25, 0.3) is 10.6 Å². The second-order valence-electron chi connectivity index (χ2n) is 9.47. The van der Waals surface area contributed by atoms with Crippen molar-refractivity contribution < 1.29 is 13.8 Å². The van der Waals surface area contributed by atoms with Gasteiger partial charge in [-0.05, 0) is 45.1 Å². The lowest BCUT2D eigenvalue weighted by Crippen LogP contribution is -2.34. The van der Waals surface area contributed by atoms with Gasteiger partial charge >= 0.3 is 0 Å². The maximum Gasteiger partial charge on any atom is 0.272 e. The predicted octanol–water partition coefficient (Wildman–Crippen LogP) is 7.61. The Labute approximate surface area is 200 Å². The van der Waals surface area contributed by atoms with Gasteiger partial charge in [0.2, 0.25) is 0 Å². The molecule has 2 amide bonds. The summed E-state index contributed by atoms with van der Waals surface area (Å²) in [6.45, 7) is 5.75. The number of carbonyl (C=O) groups is 2. The topological polar surface area (TPSA) is 37.4 Å². The highest BCUT2D eigenvalue weighted by atomic mass is 31.2. The number of nitrogens with zero attached hydrogens (tertiary/aromatic N) is 1. The van der Waals surface area contributed by atoms with E-state index in [1.165, 1.54) is 4.90 Å². The van der Waals surface area contributed by atoms with Gasteiger partial charge in [-0.3, -0.25) is 14.5 Å². The molecule has 0 atom stereocenters. The molecule has 2 aliphatic heterocycles. The third kappa shape index (κ3) is 3.36. The normalized spacial score (nSPS) is 17.9. The highest BCUT2D eigenvalue weighted by Gasteiger charge is 2.62. The Balaban J connectivity index is 1.75. The highest BCUT2D eigenvalue weighted by molar-refractivity contribution is 7.91. The molecule has 2 heterocycles. The van der Waals surface area contributed by atoms with Gasteiger partial charge in [0, 0.05) is 11.1 Å². The molecule has 0 saturated heterocycles. The number of hydrogen-bond acceptors (Lipinski definition) is 2. The van der Waals surface area contributed by atoms with E-state index in [9.17, 15) is 9.59 Å². The quantitative estimate of drug-likeness (QED) is 0.292. The molecule has 0 bridgehead atoms. The average molecular weight is 469 g/mol. The number of halogens is 1. The standard InChI is InChI=1S/C29H25FNO2P/c1-29(2,3)34(30)25(20-12-6-4-7-13-20)18-22(19-26(34)21-14-8-5-9-15-21)31-27(32)23-16-10-11-17-24(23)28(31)33/h4-19H,1-3H3/q+1. The van der Waals surface area contributed by atoms with Crippen LogP contribution in [0.4, 0.5) is 4.20 Å². The molecule has 2 aliphatic rings. The Morgan fingerprint density at radius 3 is 1.41 bits per heavy atom. The van der Waals surface area contributed by atoms with E-state index in [2.05, 4.69) is 0 Å². The van der Waals surface area contributed by atoms with Gasteiger partial charge in [0.25, 0.3) is 19.4 Å². The average Bonchev–Trinajstić information content (AvgIpc) is 3.10. The van der Waals surface area contributed by atoms with E-state index in [1.54, 1.807) is 36.4 Å². The fourth-order valence-electron chi connectivity index (χ4n) is 4.65. The summed E-state index contributed by atoms with van der Waals surface area (Å²) < 4.78 is 17.7. The first-order valence-corrected chi connectivity index (χ1v) is 12.9. The van der Waals surface area contributed by atoms with Crippen molar-refractivity contribution in [1.29, 1.82) is 0 Å². The van der Waals surface area contributed by atoms with E-state index in [1.807, 2.05) is 81.4 Å². The van der Waals surface area contributed by atoms with Crippen LogP contribution in [0.2, 0.25) is 0 Å². The number of imide groups is 1. The van der Waals surface area contributed by atoms with E-state index in [-0.39, 0.29) is 11.8 Å². The molecule has 0 aromatic heterocycles. The molecule has 0 saturated carbocycles. The van der Waals surface area contributed by atoms with Crippen molar-refractivity contribution in [2.75, 3.05) is 0 Å². The third-order valence-electron chi connectivity index (χ3n) is 6.35. The van der Waals surface area contributed by atoms with Crippen molar-refractivity contribution in [3.05, 3.63) is 125 Å². The Morgan fingerprint density at radius 2 is 1.03 bits per heavy atom. The van der Waals surface area contributed by atoms with Gasteiger partial charge in [-0.1, -0.05) is 77.0 Å². The molecule has 5 heteroatoms. The highest BCUT2D eigenvalue weighted by Crippen LogP contribution is 2.87. The largest absolute Gasteiger partial charge is 0.272 e. The van der Waals surface area contributed by atoms with Gasteiger partial charge in [0.15, 0.2) is 0 Å². The fourth-order valence-corrected chi connectivity index (χ4v) is 7.98. The minimum atomic E-state index is -3.45. The molecule has 169 valence electrons. The molecule has 0 unspecified atom stereocenters. The first-order valence-electron chi connectivity index (χ1n) is 11.2. The van der Waals surface area contributed by atoms with E-state index in [0.29, 0.717) is 27.8 Å². The molecule has 0 N–H and O–H groups in total. The Kier molecular flexibility index (Phi) is 5.37. The van der Waals surface area contributed by atoms with Gasteiger partial charge in [-0.25, -0.2) is 0 Å². The van der Waals surface area contributed by atoms with Gasteiger partial charge in [0.1, 0.15) is 21.8 Å². The van der Waals surface area contributed by atoms with Gasteiger partial charge in [-0.2, -0.15) is 0 Å². The number of amides is 2. The summed E-state index contributed by atoms with van der Waals surface area (Å²) in [4.78, 5) is 27.8. The minimum Gasteiger partial charge on any atom is -0.269 e. The lowest BCUT2D eigenvalue weighted by atomic mass is 10.1. The summed E-state index contributed by atoms with van der Waals surface area (Å²) in [5.74, 6) is -0.772. The van der Waals surface area contributed by atoms with E-state index in [0.717, 1.165) is 11.1 Å². The van der Waals surface area contributed by atoms with Crippen molar-refractivity contribution >= 4 is 30.0 Å². The zero-order valence-corrected chi connectivity index (χ0v) is 20.2. The summed E-state index contributed by atoms with van der Waals surface area (Å²) >= 11 is 0. The van der Waals surface area contributed by atoms with Crippen LogP contribution in [0.5, 0.6) is 0 Å². The third-order valence-corrected chi connectivity index (χ3v) is 10.3. The van der Waals surface area contributed by atoms with Crippen LogP contribution in [0.15, 0.2) is 97.1 Å². The molecule has 3 aromatic rings. The van der Waals surface area contributed by atoms with Crippen molar-refractivity contribution in [2.45, 2.75) is 25.9 Å². The second-order valence-corrected chi connectivity index (χ2v) is 13.0. The van der Waals surface area contributed by atoms with Gasteiger partial charge in [0.05, 0.1) is 11.1 Å². The molecule has 0 fully saturated rings. The molecule has 3 aromatic carbocycles. The van der Waals surface area contributed by atoms with Crippen LogP contribution in [0.3, 0.4) is 0 Å². The van der Waals surface area contributed by atoms with Crippen LogP contribution in [-0.2, 0) is 0 Å². The first kappa shape index (κ1) is 22.4. The molecule has 1 radical (unpaired) electrons. The molecule has 5 rings (SSSR count). The monoisotopic (exact) mass is 469 g/mol. The lowest BCUT2D eigenvalue weighted by molar-refractivity contribution is 0.0686. The van der Waals surface area contributed by atoms with Gasteiger partial charge < -0.3 is 0 Å². The summed E-state index contributed by atoms with van der Waals surface area (Å²) in [6, 6.07) is 26.1. The first-order chi connectivity index (χ1) is 16.2. The number of fused-ring (bicyclic) bond motifs is 1. The predicted molar refractivity (Wildman–Crippen MR) is 137 cm³/mol. The smallest absolute Gasteiger partial charge is 0.269 e. The van der Waals surface area contributed by atoms with Gasteiger partial charge in [-0.15, -0.1) is 0 Å². The van der Waals surface area contributed by atoms with Crippen LogP contribution in [0, 0.1) is 6.04 Å². The van der Waals surface area contributed by atoms with E-state index in [4.69, 9.17) is 0 Å². The SMILES string of the molecule is CC(C)(C)[P+]1(F)C(c2ccccc2)=C[C](N2C(=O)c3ccccc3C2=O)C=C1c1ccccc1. The molecule has 0 spiro atoms. The van der Waals surface area contributed by atoms with Crippen LogP contribution in [-0.4, -0.2) is 21.9 Å². The number of benzene rings is 3. The molecule has 3 nitrogen and oxygen atoms in total.